The molecule has 0 amide bonds. The van der Waals surface area contributed by atoms with Crippen molar-refractivity contribution in [2.75, 3.05) is 33.2 Å². The molecule has 0 saturated carbocycles. The Morgan fingerprint density at radius 1 is 1.00 bits per heavy atom. The van der Waals surface area contributed by atoms with E-state index in [0.717, 1.165) is 32.0 Å². The second kappa shape index (κ2) is 6.37. The molecule has 2 heterocycles. The number of likely N-dealkylation sites (N-methyl/N-ethyl adjacent to an activating group) is 1. The van der Waals surface area contributed by atoms with Crippen molar-refractivity contribution in [2.24, 2.45) is 0 Å². The van der Waals surface area contributed by atoms with Crippen molar-refractivity contribution in [2.45, 2.75) is 32.4 Å². The van der Waals surface area contributed by atoms with E-state index in [2.05, 4.69) is 83.5 Å². The third kappa shape index (κ3) is 3.43. The smallest absolute Gasteiger partial charge is 0.173 e. The lowest BCUT2D eigenvalue weighted by Crippen LogP contribution is -2.47. The van der Waals surface area contributed by atoms with Crippen LogP contribution in [0, 0.1) is 0 Å². The van der Waals surface area contributed by atoms with Crippen LogP contribution in [0.1, 0.15) is 38.2 Å². The van der Waals surface area contributed by atoms with Crippen LogP contribution in [0.3, 0.4) is 0 Å². The fraction of sp³-hybridized carbons (Fsp3) is 0.588. The highest BCUT2D eigenvalue weighted by atomic mass is 15.6. The summed E-state index contributed by atoms with van der Waals surface area (Å²) in [7, 11) is 2.17. The molecule has 1 aromatic heterocycles. The normalized spacial score (nSPS) is 19.0. The first-order valence-corrected chi connectivity index (χ1v) is 8.23. The van der Waals surface area contributed by atoms with Gasteiger partial charge in [-0.3, -0.25) is 4.90 Å². The highest BCUT2D eigenvalue weighted by Crippen LogP contribution is 2.30. The van der Waals surface area contributed by atoms with E-state index in [1.165, 1.54) is 5.56 Å². The first-order chi connectivity index (χ1) is 11.0. The van der Waals surface area contributed by atoms with Gasteiger partial charge in [0, 0.05) is 26.2 Å². The number of nitrogens with zero attached hydrogens (tertiary/aromatic N) is 6. The van der Waals surface area contributed by atoms with Crippen LogP contribution in [0.15, 0.2) is 30.3 Å². The second-order valence-electron chi connectivity index (χ2n) is 7.27. The van der Waals surface area contributed by atoms with Gasteiger partial charge in [-0.15, -0.1) is 5.10 Å². The molecule has 1 aliphatic heterocycles. The molecule has 124 valence electrons. The Balaban J connectivity index is 2.01. The monoisotopic (exact) mass is 314 g/mol. The molecule has 0 bridgehead atoms. The number of rotatable bonds is 3. The third-order valence-corrected chi connectivity index (χ3v) is 4.39. The predicted molar refractivity (Wildman–Crippen MR) is 90.2 cm³/mol. The van der Waals surface area contributed by atoms with Crippen LogP contribution in [0.2, 0.25) is 0 Å². The van der Waals surface area contributed by atoms with Gasteiger partial charge in [-0.05, 0) is 43.8 Å². The van der Waals surface area contributed by atoms with Crippen LogP contribution in [-0.4, -0.2) is 63.2 Å². The van der Waals surface area contributed by atoms with Gasteiger partial charge in [-0.25, -0.2) is 4.68 Å². The summed E-state index contributed by atoms with van der Waals surface area (Å²) in [6.45, 7) is 10.6. The summed E-state index contributed by atoms with van der Waals surface area (Å²) in [6.07, 6.45) is 0. The van der Waals surface area contributed by atoms with Gasteiger partial charge in [-0.2, -0.15) is 0 Å². The highest BCUT2D eigenvalue weighted by Gasteiger charge is 2.32. The number of tetrazole rings is 1. The van der Waals surface area contributed by atoms with Crippen LogP contribution >= 0.6 is 0 Å². The van der Waals surface area contributed by atoms with E-state index >= 15 is 0 Å². The molecule has 1 aromatic carbocycles. The maximum Gasteiger partial charge on any atom is 0.173 e. The van der Waals surface area contributed by atoms with Crippen molar-refractivity contribution in [1.82, 2.24) is 30.0 Å². The summed E-state index contributed by atoms with van der Waals surface area (Å²) in [5.74, 6) is 0.924. The molecule has 6 nitrogen and oxygen atoms in total. The van der Waals surface area contributed by atoms with Gasteiger partial charge < -0.3 is 4.90 Å². The van der Waals surface area contributed by atoms with Crippen molar-refractivity contribution in [3.8, 4) is 0 Å². The number of aromatic nitrogens is 4. The Labute approximate surface area is 138 Å². The van der Waals surface area contributed by atoms with Crippen LogP contribution in [-0.2, 0) is 5.54 Å². The van der Waals surface area contributed by atoms with Crippen molar-refractivity contribution >= 4 is 0 Å². The maximum atomic E-state index is 4.40. The first-order valence-electron chi connectivity index (χ1n) is 8.23. The third-order valence-electron chi connectivity index (χ3n) is 4.39. The van der Waals surface area contributed by atoms with Gasteiger partial charge >= 0.3 is 0 Å². The van der Waals surface area contributed by atoms with Gasteiger partial charge in [0.1, 0.15) is 0 Å². The molecule has 1 saturated heterocycles. The van der Waals surface area contributed by atoms with E-state index in [1.807, 2.05) is 4.68 Å². The van der Waals surface area contributed by atoms with Crippen molar-refractivity contribution in [3.63, 3.8) is 0 Å². The number of benzene rings is 1. The second-order valence-corrected chi connectivity index (χ2v) is 7.27. The van der Waals surface area contributed by atoms with Crippen LogP contribution in [0.4, 0.5) is 0 Å². The summed E-state index contributed by atoms with van der Waals surface area (Å²) >= 11 is 0. The average Bonchev–Trinajstić information content (AvgIpc) is 3.00. The fourth-order valence-electron chi connectivity index (χ4n) is 3.08. The van der Waals surface area contributed by atoms with Gasteiger partial charge in [0.05, 0.1) is 11.6 Å². The Hall–Kier alpha value is -1.79. The fourth-order valence-corrected chi connectivity index (χ4v) is 3.08. The molecular weight excluding hydrogens is 288 g/mol. The molecule has 0 aliphatic carbocycles. The van der Waals surface area contributed by atoms with Gasteiger partial charge in [0.25, 0.3) is 0 Å². The van der Waals surface area contributed by atoms with Crippen LogP contribution < -0.4 is 0 Å². The summed E-state index contributed by atoms with van der Waals surface area (Å²) in [4.78, 5) is 4.86. The number of piperazine rings is 1. The Bertz CT molecular complexity index is 622. The van der Waals surface area contributed by atoms with Crippen LogP contribution in [0.5, 0.6) is 0 Å². The summed E-state index contributed by atoms with van der Waals surface area (Å²) in [5.41, 5.74) is 1.11. The molecule has 2 aromatic rings. The summed E-state index contributed by atoms with van der Waals surface area (Å²) in [6, 6.07) is 10.7. The van der Waals surface area contributed by atoms with E-state index < -0.39 is 0 Å². The first kappa shape index (κ1) is 16.1. The molecule has 6 heteroatoms. The minimum atomic E-state index is -0.140. The molecule has 0 spiro atoms. The minimum Gasteiger partial charge on any atom is -0.304 e. The SMILES string of the molecule is CN1CCN([C@H](c2ccccc2)c2nnnn2C(C)(C)C)CC1. The van der Waals surface area contributed by atoms with E-state index in [0.29, 0.717) is 0 Å². The zero-order valence-electron chi connectivity index (χ0n) is 14.5. The molecule has 23 heavy (non-hydrogen) atoms. The molecule has 0 unspecified atom stereocenters. The molecule has 3 rings (SSSR count). The lowest BCUT2D eigenvalue weighted by molar-refractivity contribution is 0.118. The van der Waals surface area contributed by atoms with E-state index in [9.17, 15) is 0 Å². The number of hydrogen-bond donors (Lipinski definition) is 0. The quantitative estimate of drug-likeness (QED) is 0.864. The van der Waals surface area contributed by atoms with E-state index in [-0.39, 0.29) is 11.6 Å². The van der Waals surface area contributed by atoms with Gasteiger partial charge in [0.15, 0.2) is 5.82 Å². The molecule has 1 aliphatic rings. The molecule has 1 fully saturated rings. The predicted octanol–water partition coefficient (Wildman–Crippen LogP) is 1.76. The molecule has 0 N–H and O–H groups in total. The minimum absolute atomic E-state index is 0.0964. The lowest BCUT2D eigenvalue weighted by atomic mass is 10.0. The molecular formula is C17H26N6. The number of hydrogen-bond acceptors (Lipinski definition) is 5. The van der Waals surface area contributed by atoms with Gasteiger partial charge in [0.2, 0.25) is 0 Å². The summed E-state index contributed by atoms with van der Waals surface area (Å²) < 4.78 is 1.96. The topological polar surface area (TPSA) is 50.1 Å². The zero-order chi connectivity index (χ0) is 16.4. The standard InChI is InChI=1S/C17H26N6/c1-17(2,3)23-16(18-19-20-23)15(14-8-6-5-7-9-14)22-12-10-21(4)11-13-22/h5-9,15H,10-13H2,1-4H3/t15-/m1/s1. The maximum absolute atomic E-state index is 4.40. The zero-order valence-corrected chi connectivity index (χ0v) is 14.5. The van der Waals surface area contributed by atoms with Crippen LogP contribution in [0.25, 0.3) is 0 Å². The largest absolute Gasteiger partial charge is 0.304 e. The molecule has 1 atom stereocenters. The van der Waals surface area contributed by atoms with Gasteiger partial charge in [-0.1, -0.05) is 30.3 Å². The van der Waals surface area contributed by atoms with E-state index in [1.54, 1.807) is 0 Å². The van der Waals surface area contributed by atoms with E-state index in [4.69, 9.17) is 0 Å². The lowest BCUT2D eigenvalue weighted by Gasteiger charge is -2.38. The molecule has 0 radical (unpaired) electrons. The Morgan fingerprint density at radius 2 is 1.65 bits per heavy atom. The average molecular weight is 314 g/mol. The summed E-state index contributed by atoms with van der Waals surface area (Å²) in [5, 5.41) is 12.6. The Morgan fingerprint density at radius 3 is 2.26 bits per heavy atom. The van der Waals surface area contributed by atoms with Crippen molar-refractivity contribution in [3.05, 3.63) is 41.7 Å². The van der Waals surface area contributed by atoms with Crippen molar-refractivity contribution < 1.29 is 0 Å². The Kier molecular flexibility index (Phi) is 4.46. The highest BCUT2D eigenvalue weighted by molar-refractivity contribution is 5.25. The van der Waals surface area contributed by atoms with Crippen molar-refractivity contribution in [1.29, 1.82) is 0 Å².